The van der Waals surface area contributed by atoms with Crippen molar-refractivity contribution in [2.24, 2.45) is 0 Å². The fraction of sp³-hybridized carbons (Fsp3) is 0.515. The predicted molar refractivity (Wildman–Crippen MR) is 180 cm³/mol. The number of fused-ring (bicyclic) bond motifs is 1. The smallest absolute Gasteiger partial charge is 0.347 e. The zero-order valence-electron chi connectivity index (χ0n) is 28.3. The molecular weight excluding hydrogens is 654 g/mol. The van der Waals surface area contributed by atoms with Gasteiger partial charge in [-0.1, -0.05) is 12.7 Å². The summed E-state index contributed by atoms with van der Waals surface area (Å²) < 4.78 is 10.7. The summed E-state index contributed by atoms with van der Waals surface area (Å²) in [6.45, 7) is 10.2. The van der Waals surface area contributed by atoms with Crippen LogP contribution in [0.1, 0.15) is 24.0 Å². The van der Waals surface area contributed by atoms with E-state index in [0.29, 0.717) is 76.3 Å². The summed E-state index contributed by atoms with van der Waals surface area (Å²) in [5.41, 5.74) is 4.14. The number of hydrogen-bond donors (Lipinski definition) is 3. The number of allylic oxidation sites excluding steroid dienone is 1. The first-order valence-electron chi connectivity index (χ1n) is 16.4. The maximum absolute atomic E-state index is 13.0. The molecule has 0 aliphatic carbocycles. The number of anilines is 2. The Bertz CT molecular complexity index is 1450. The molecule has 0 unspecified atom stereocenters. The van der Waals surface area contributed by atoms with Crippen LogP contribution in [0.5, 0.6) is 0 Å². The highest BCUT2D eigenvalue weighted by Gasteiger charge is 2.33. The van der Waals surface area contributed by atoms with Crippen LogP contribution in [0, 0.1) is 6.92 Å². The van der Waals surface area contributed by atoms with E-state index in [-0.39, 0.29) is 51.6 Å². The van der Waals surface area contributed by atoms with Gasteiger partial charge >= 0.3 is 11.9 Å². The molecule has 3 aliphatic rings. The Hall–Kier alpha value is -4.68. The molecule has 3 aliphatic heterocycles. The highest BCUT2D eigenvalue weighted by atomic mass is 16.7. The zero-order valence-corrected chi connectivity index (χ0v) is 28.3. The van der Waals surface area contributed by atoms with Crippen LogP contribution in [-0.4, -0.2) is 158 Å². The number of carboxylic acid groups (broad SMARTS) is 1. The van der Waals surface area contributed by atoms with Crippen LogP contribution in [0.2, 0.25) is 0 Å². The van der Waals surface area contributed by atoms with E-state index in [1.165, 1.54) is 4.90 Å². The second kappa shape index (κ2) is 18.9. The van der Waals surface area contributed by atoms with Crippen LogP contribution in [0.25, 0.3) is 6.08 Å². The van der Waals surface area contributed by atoms with Gasteiger partial charge in [-0.25, -0.2) is 4.79 Å². The van der Waals surface area contributed by atoms with Gasteiger partial charge in [-0.2, -0.15) is 0 Å². The molecule has 0 spiro atoms. The topological polar surface area (TPSA) is 191 Å². The highest BCUT2D eigenvalue weighted by Crippen LogP contribution is 2.30. The first kappa shape index (κ1) is 38.1. The summed E-state index contributed by atoms with van der Waals surface area (Å²) >= 11 is 0. The SMILES string of the molecule is C=C1C=Cc2c(C)cc(NC(=O)CN(CCN3CCOCCN(CCN(COC=O)CC(=O)ON4C(=O)CCC4=O)CC3)CC(=O)O)cc2N1. The Labute approximate surface area is 290 Å². The minimum Gasteiger partial charge on any atom is -0.480 e. The van der Waals surface area contributed by atoms with Crippen molar-refractivity contribution < 1.29 is 48.2 Å². The normalized spacial score (nSPS) is 17.2. The summed E-state index contributed by atoms with van der Waals surface area (Å²) in [7, 11) is 0. The first-order chi connectivity index (χ1) is 24.0. The number of carbonyl (C=O) groups excluding carboxylic acids is 5. The summed E-state index contributed by atoms with van der Waals surface area (Å²) in [5.74, 6) is -3.38. The van der Waals surface area contributed by atoms with E-state index in [1.54, 1.807) is 4.90 Å². The lowest BCUT2D eigenvalue weighted by molar-refractivity contribution is -0.198. The maximum Gasteiger partial charge on any atom is 0.347 e. The number of nitrogens with zero attached hydrogens (tertiary/aromatic N) is 5. The van der Waals surface area contributed by atoms with Crippen molar-refractivity contribution in [1.29, 1.82) is 0 Å². The molecular formula is C33H45N7O10. The van der Waals surface area contributed by atoms with Crippen LogP contribution in [-0.2, 0) is 43.1 Å². The number of rotatable bonds is 17. The Kier molecular flexibility index (Phi) is 14.4. The summed E-state index contributed by atoms with van der Waals surface area (Å²) in [4.78, 5) is 83.9. The molecule has 0 saturated carbocycles. The average Bonchev–Trinajstić information content (AvgIpc) is 3.42. The maximum atomic E-state index is 13.0. The molecule has 17 heteroatoms. The summed E-state index contributed by atoms with van der Waals surface area (Å²) in [5, 5.41) is 16.1. The van der Waals surface area contributed by atoms with Gasteiger partial charge in [0, 0.05) is 87.8 Å². The van der Waals surface area contributed by atoms with Crippen LogP contribution in [0.4, 0.5) is 11.4 Å². The molecule has 1 aromatic rings. The number of hydrogen-bond acceptors (Lipinski definition) is 14. The molecule has 4 rings (SSSR count). The van der Waals surface area contributed by atoms with Crippen molar-refractivity contribution in [3.63, 3.8) is 0 Å². The monoisotopic (exact) mass is 699 g/mol. The summed E-state index contributed by atoms with van der Waals surface area (Å²) in [6, 6.07) is 3.69. The average molecular weight is 700 g/mol. The second-order valence-electron chi connectivity index (χ2n) is 12.2. The fourth-order valence-electron chi connectivity index (χ4n) is 5.71. The molecule has 0 bridgehead atoms. The number of nitrogens with one attached hydrogen (secondary N) is 2. The first-order valence-corrected chi connectivity index (χ1v) is 16.4. The molecule has 0 atom stereocenters. The van der Waals surface area contributed by atoms with E-state index in [4.69, 9.17) is 14.3 Å². The van der Waals surface area contributed by atoms with Gasteiger partial charge in [0.1, 0.15) is 13.3 Å². The Morgan fingerprint density at radius 1 is 0.980 bits per heavy atom. The lowest BCUT2D eigenvalue weighted by Gasteiger charge is -2.29. The molecule has 2 saturated heterocycles. The van der Waals surface area contributed by atoms with Gasteiger partial charge in [-0.05, 0) is 30.7 Å². The summed E-state index contributed by atoms with van der Waals surface area (Å²) in [6.07, 6.45) is 3.80. The van der Waals surface area contributed by atoms with E-state index < -0.39 is 23.8 Å². The third-order valence-corrected chi connectivity index (χ3v) is 8.32. The van der Waals surface area contributed by atoms with Gasteiger partial charge in [0.2, 0.25) is 5.91 Å². The quantitative estimate of drug-likeness (QED) is 0.111. The highest BCUT2D eigenvalue weighted by molar-refractivity contribution is 6.01. The second-order valence-corrected chi connectivity index (χ2v) is 12.2. The van der Waals surface area contributed by atoms with Gasteiger partial charge < -0.3 is 30.1 Å². The number of imide groups is 1. The standard InChI is InChI=1S/C33H45N7O10/c1-24-17-26(18-28-27(24)4-3-25(2)34-28)35-29(42)19-38(20-32(45)46)11-9-36-7-8-37(14-16-48-15-13-36)10-12-39(22-49-23-41)21-33(47)50-40-30(43)5-6-31(40)44/h3-4,17-18,23,34H,2,5-16,19-22H2,1H3,(H,35,42)(H,45,46). The third-order valence-electron chi connectivity index (χ3n) is 8.32. The van der Waals surface area contributed by atoms with Crippen LogP contribution >= 0.6 is 0 Å². The predicted octanol–water partition coefficient (Wildman–Crippen LogP) is -0.0536. The lowest BCUT2D eigenvalue weighted by atomic mass is 10.0. The molecule has 50 heavy (non-hydrogen) atoms. The Balaban J connectivity index is 1.27. The van der Waals surface area contributed by atoms with E-state index in [2.05, 4.69) is 27.0 Å². The largest absolute Gasteiger partial charge is 0.480 e. The minimum absolute atomic E-state index is 0.0198. The van der Waals surface area contributed by atoms with E-state index in [0.717, 1.165) is 22.5 Å². The van der Waals surface area contributed by atoms with Crippen LogP contribution < -0.4 is 10.6 Å². The number of carbonyl (C=O) groups is 6. The van der Waals surface area contributed by atoms with Crippen molar-refractivity contribution in [3.05, 3.63) is 41.6 Å². The zero-order chi connectivity index (χ0) is 36.0. The number of carboxylic acids is 1. The van der Waals surface area contributed by atoms with E-state index in [9.17, 15) is 33.9 Å². The van der Waals surface area contributed by atoms with Crippen molar-refractivity contribution >= 4 is 53.6 Å². The number of benzene rings is 1. The van der Waals surface area contributed by atoms with Gasteiger partial charge in [0.15, 0.2) is 0 Å². The fourth-order valence-corrected chi connectivity index (χ4v) is 5.71. The van der Waals surface area contributed by atoms with Crippen molar-refractivity contribution in [2.45, 2.75) is 19.8 Å². The Morgan fingerprint density at radius 3 is 2.28 bits per heavy atom. The van der Waals surface area contributed by atoms with Gasteiger partial charge in [-0.15, -0.1) is 5.06 Å². The van der Waals surface area contributed by atoms with Gasteiger partial charge in [-0.3, -0.25) is 43.6 Å². The molecule has 2 fully saturated rings. The number of hydroxylamine groups is 2. The molecule has 3 N–H and O–H groups in total. The van der Waals surface area contributed by atoms with Crippen LogP contribution in [0.15, 0.2) is 30.5 Å². The van der Waals surface area contributed by atoms with Crippen LogP contribution in [0.3, 0.4) is 0 Å². The van der Waals surface area contributed by atoms with Crippen molar-refractivity contribution in [3.8, 4) is 0 Å². The van der Waals surface area contributed by atoms with Gasteiger partial charge in [0.05, 0.1) is 26.3 Å². The Morgan fingerprint density at radius 2 is 1.64 bits per heavy atom. The van der Waals surface area contributed by atoms with E-state index >= 15 is 0 Å². The third kappa shape index (κ3) is 12.0. The van der Waals surface area contributed by atoms with Gasteiger partial charge in [0.25, 0.3) is 18.3 Å². The minimum atomic E-state index is -1.04. The molecule has 3 heterocycles. The molecule has 0 aromatic heterocycles. The van der Waals surface area contributed by atoms with E-state index in [1.807, 2.05) is 31.2 Å². The molecule has 272 valence electrons. The number of ether oxygens (including phenoxy) is 2. The number of aliphatic carboxylic acids is 1. The molecule has 3 amide bonds. The van der Waals surface area contributed by atoms with Crippen molar-refractivity contribution in [1.82, 2.24) is 24.7 Å². The molecule has 1 aromatic carbocycles. The molecule has 0 radical (unpaired) electrons. The molecule has 17 nitrogen and oxygen atoms in total. The number of amides is 3. The lowest BCUT2D eigenvalue weighted by Crippen LogP contribution is -2.45. The number of aryl methyl sites for hydroxylation is 1. The van der Waals surface area contributed by atoms with Crippen molar-refractivity contribution in [2.75, 3.05) is 103 Å².